The molecule has 0 radical (unpaired) electrons. The van der Waals surface area contributed by atoms with E-state index in [-0.39, 0.29) is 23.8 Å². The molecule has 1 aromatic carbocycles. The molecule has 2 N–H and O–H groups in total. The van der Waals surface area contributed by atoms with Crippen LogP contribution in [0.5, 0.6) is 11.5 Å². The second-order valence-electron chi connectivity index (χ2n) is 6.92. The number of benzene rings is 1. The number of nitrogens with one attached hydrogen (secondary N) is 2. The summed E-state index contributed by atoms with van der Waals surface area (Å²) in [5.74, 6) is 1.32. The van der Waals surface area contributed by atoms with Crippen molar-refractivity contribution in [2.75, 3.05) is 40.0 Å². The summed E-state index contributed by atoms with van der Waals surface area (Å²) in [5, 5.41) is 3.05. The Labute approximate surface area is 153 Å². The third-order valence-electron chi connectivity index (χ3n) is 5.08. The fraction of sp³-hybridized carbons (Fsp3) is 0.579. The molecular weight excluding hydrogens is 336 g/mol. The van der Waals surface area contributed by atoms with E-state index in [2.05, 4.69) is 5.32 Å². The third-order valence-corrected chi connectivity index (χ3v) is 5.08. The van der Waals surface area contributed by atoms with Gasteiger partial charge < -0.3 is 24.4 Å². The monoisotopic (exact) mass is 363 g/mol. The number of hydrogen-bond acceptors (Lipinski definition) is 5. The third kappa shape index (κ3) is 4.46. The largest absolute Gasteiger partial charge is 0.486 e. The lowest BCUT2D eigenvalue weighted by Crippen LogP contribution is -3.14. The molecule has 26 heavy (non-hydrogen) atoms. The first-order valence-electron chi connectivity index (χ1n) is 9.17. The SMILES string of the molecule is COC(=O)C1CC[NH+](CC(=O)N[C@@H](C)c2ccc3c(c2)OCCO3)CC1. The van der Waals surface area contributed by atoms with Gasteiger partial charge in [-0.25, -0.2) is 0 Å². The minimum Gasteiger partial charge on any atom is -0.486 e. The van der Waals surface area contributed by atoms with Gasteiger partial charge >= 0.3 is 5.97 Å². The Bertz CT molecular complexity index is 655. The van der Waals surface area contributed by atoms with E-state index < -0.39 is 0 Å². The lowest BCUT2D eigenvalue weighted by atomic mass is 9.97. The molecule has 2 heterocycles. The smallest absolute Gasteiger partial charge is 0.309 e. The molecule has 0 unspecified atom stereocenters. The molecule has 0 spiro atoms. The number of hydrogen-bond donors (Lipinski definition) is 2. The van der Waals surface area contributed by atoms with Crippen molar-refractivity contribution < 1.29 is 28.7 Å². The summed E-state index contributed by atoms with van der Waals surface area (Å²) in [4.78, 5) is 25.2. The van der Waals surface area contributed by atoms with Gasteiger partial charge in [0.1, 0.15) is 13.2 Å². The maximum atomic E-state index is 12.4. The van der Waals surface area contributed by atoms with Gasteiger partial charge in [-0.3, -0.25) is 9.59 Å². The van der Waals surface area contributed by atoms with E-state index in [9.17, 15) is 9.59 Å². The maximum absolute atomic E-state index is 12.4. The Morgan fingerprint density at radius 3 is 2.62 bits per heavy atom. The highest BCUT2D eigenvalue weighted by atomic mass is 16.6. The topological polar surface area (TPSA) is 78.3 Å². The zero-order valence-corrected chi connectivity index (χ0v) is 15.4. The van der Waals surface area contributed by atoms with Crippen LogP contribution in [-0.4, -0.2) is 51.8 Å². The molecule has 0 saturated carbocycles. The molecule has 2 aliphatic heterocycles. The van der Waals surface area contributed by atoms with Crippen LogP contribution < -0.4 is 19.7 Å². The average Bonchev–Trinajstić information content (AvgIpc) is 2.67. The van der Waals surface area contributed by atoms with E-state index in [1.807, 2.05) is 25.1 Å². The van der Waals surface area contributed by atoms with Crippen LogP contribution in [-0.2, 0) is 14.3 Å². The molecule has 1 atom stereocenters. The summed E-state index contributed by atoms with van der Waals surface area (Å²) in [6.45, 7) is 5.11. The number of methoxy groups -OCH3 is 1. The first-order chi connectivity index (χ1) is 12.6. The van der Waals surface area contributed by atoms with Crippen LogP contribution >= 0.6 is 0 Å². The summed E-state index contributed by atoms with van der Waals surface area (Å²) >= 11 is 0. The first-order valence-corrected chi connectivity index (χ1v) is 9.17. The molecule has 0 aliphatic carbocycles. The minimum atomic E-state index is -0.138. The lowest BCUT2D eigenvalue weighted by Gasteiger charge is -2.28. The highest BCUT2D eigenvalue weighted by molar-refractivity contribution is 5.77. The normalized spacial score (nSPS) is 23.0. The van der Waals surface area contributed by atoms with Crippen molar-refractivity contribution in [3.8, 4) is 11.5 Å². The van der Waals surface area contributed by atoms with Gasteiger partial charge in [0.2, 0.25) is 0 Å². The average molecular weight is 363 g/mol. The van der Waals surface area contributed by atoms with Crippen LogP contribution in [0.15, 0.2) is 18.2 Å². The number of carbonyl (C=O) groups is 2. The fourth-order valence-electron chi connectivity index (χ4n) is 3.54. The standard InChI is InChI=1S/C19H26N2O5/c1-13(15-3-4-16-17(11-15)26-10-9-25-16)20-18(22)12-21-7-5-14(6-8-21)19(23)24-2/h3-4,11,13-14H,5-10,12H2,1-2H3,(H,20,22)/p+1/t13-/m0/s1. The zero-order valence-electron chi connectivity index (χ0n) is 15.4. The molecule has 0 aromatic heterocycles. The van der Waals surface area contributed by atoms with Gasteiger partial charge in [-0.1, -0.05) is 6.07 Å². The van der Waals surface area contributed by atoms with Crippen molar-refractivity contribution >= 4 is 11.9 Å². The second kappa shape index (κ2) is 8.40. The van der Waals surface area contributed by atoms with Crippen molar-refractivity contribution in [1.29, 1.82) is 0 Å². The van der Waals surface area contributed by atoms with Crippen molar-refractivity contribution in [2.24, 2.45) is 5.92 Å². The van der Waals surface area contributed by atoms with E-state index in [4.69, 9.17) is 14.2 Å². The summed E-state index contributed by atoms with van der Waals surface area (Å²) in [6.07, 6.45) is 1.54. The number of carbonyl (C=O) groups excluding carboxylic acids is 2. The molecule has 2 aliphatic rings. The predicted octanol–water partition coefficient (Wildman–Crippen LogP) is 0.103. The minimum absolute atomic E-state index is 0.0129. The van der Waals surface area contributed by atoms with Gasteiger partial charge in [0.25, 0.3) is 5.91 Å². The van der Waals surface area contributed by atoms with E-state index in [1.165, 1.54) is 12.0 Å². The number of fused-ring (bicyclic) bond motifs is 1. The summed E-state index contributed by atoms with van der Waals surface area (Å²) in [7, 11) is 1.42. The van der Waals surface area contributed by atoms with Crippen molar-refractivity contribution in [1.82, 2.24) is 5.32 Å². The van der Waals surface area contributed by atoms with Gasteiger partial charge in [0.15, 0.2) is 18.0 Å². The van der Waals surface area contributed by atoms with Crippen LogP contribution in [0.25, 0.3) is 0 Å². The van der Waals surface area contributed by atoms with Crippen LogP contribution in [0.3, 0.4) is 0 Å². The summed E-state index contributed by atoms with van der Waals surface area (Å²) < 4.78 is 15.9. The van der Waals surface area contributed by atoms with Gasteiger partial charge in [0, 0.05) is 12.8 Å². The Morgan fingerprint density at radius 2 is 1.92 bits per heavy atom. The van der Waals surface area contributed by atoms with Gasteiger partial charge in [-0.2, -0.15) is 0 Å². The van der Waals surface area contributed by atoms with Crippen LogP contribution in [0.2, 0.25) is 0 Å². The number of quaternary nitrogens is 1. The Hall–Kier alpha value is -2.28. The molecule has 1 amide bonds. The van der Waals surface area contributed by atoms with Crippen LogP contribution in [0, 0.1) is 5.92 Å². The summed E-state index contributed by atoms with van der Waals surface area (Å²) in [5.41, 5.74) is 0.988. The fourth-order valence-corrected chi connectivity index (χ4v) is 3.54. The lowest BCUT2D eigenvalue weighted by molar-refractivity contribution is -0.897. The molecule has 3 rings (SSSR count). The van der Waals surface area contributed by atoms with Gasteiger partial charge in [-0.05, 0) is 24.6 Å². The molecule has 0 bridgehead atoms. The molecule has 1 saturated heterocycles. The van der Waals surface area contributed by atoms with Crippen molar-refractivity contribution in [3.63, 3.8) is 0 Å². The predicted molar refractivity (Wildman–Crippen MR) is 94.3 cm³/mol. The van der Waals surface area contributed by atoms with E-state index in [0.29, 0.717) is 19.8 Å². The maximum Gasteiger partial charge on any atom is 0.309 e. The van der Waals surface area contributed by atoms with E-state index in [1.54, 1.807) is 0 Å². The number of amides is 1. The Morgan fingerprint density at radius 1 is 1.23 bits per heavy atom. The van der Waals surface area contributed by atoms with Crippen LogP contribution in [0.1, 0.15) is 31.4 Å². The quantitative estimate of drug-likeness (QED) is 0.726. The molecule has 1 aromatic rings. The van der Waals surface area contributed by atoms with E-state index >= 15 is 0 Å². The summed E-state index contributed by atoms with van der Waals surface area (Å²) in [6, 6.07) is 5.65. The molecule has 7 nitrogen and oxygen atoms in total. The highest BCUT2D eigenvalue weighted by Crippen LogP contribution is 2.32. The van der Waals surface area contributed by atoms with Crippen LogP contribution in [0.4, 0.5) is 0 Å². The van der Waals surface area contributed by atoms with Gasteiger partial charge in [-0.15, -0.1) is 0 Å². The molecular formula is C19H27N2O5+. The highest BCUT2D eigenvalue weighted by Gasteiger charge is 2.29. The second-order valence-corrected chi connectivity index (χ2v) is 6.92. The number of piperidine rings is 1. The van der Waals surface area contributed by atoms with E-state index in [0.717, 1.165) is 43.0 Å². The van der Waals surface area contributed by atoms with Gasteiger partial charge in [0.05, 0.1) is 32.2 Å². The Balaban J connectivity index is 1.48. The number of likely N-dealkylation sites (tertiary alicyclic amines) is 1. The zero-order chi connectivity index (χ0) is 18.5. The Kier molecular flexibility index (Phi) is 5.98. The number of ether oxygens (including phenoxy) is 3. The first kappa shape index (κ1) is 18.5. The number of rotatable bonds is 5. The number of esters is 1. The van der Waals surface area contributed by atoms with Crippen molar-refractivity contribution in [2.45, 2.75) is 25.8 Å². The molecule has 142 valence electrons. The van der Waals surface area contributed by atoms with Crippen molar-refractivity contribution in [3.05, 3.63) is 23.8 Å². The molecule has 1 fully saturated rings. The molecule has 7 heteroatoms.